The lowest BCUT2D eigenvalue weighted by Gasteiger charge is -2.36. The van der Waals surface area contributed by atoms with Crippen LogP contribution >= 0.6 is 0 Å². The molecule has 2 aromatic carbocycles. The van der Waals surface area contributed by atoms with E-state index >= 15 is 0 Å². The molecule has 1 aliphatic carbocycles. The fraction of sp³-hybridized carbons (Fsp3) is 0.368. The van der Waals surface area contributed by atoms with Gasteiger partial charge in [0.15, 0.2) is 0 Å². The molecule has 2 aromatic rings. The summed E-state index contributed by atoms with van der Waals surface area (Å²) in [5.74, 6) is 0.906. The van der Waals surface area contributed by atoms with Crippen molar-refractivity contribution in [3.63, 3.8) is 0 Å². The van der Waals surface area contributed by atoms with Crippen molar-refractivity contribution in [2.75, 3.05) is 13.1 Å². The molecule has 108 valence electrons. The summed E-state index contributed by atoms with van der Waals surface area (Å²) < 4.78 is 0. The van der Waals surface area contributed by atoms with Crippen LogP contribution in [0.3, 0.4) is 0 Å². The Labute approximate surface area is 126 Å². The number of fused-ring (bicyclic) bond motifs is 3. The van der Waals surface area contributed by atoms with Crippen LogP contribution in [0, 0.1) is 5.92 Å². The number of likely N-dealkylation sites (tertiary alicyclic amines) is 1. The smallest absolute Gasteiger partial charge is 0.0827 e. The first-order valence-corrected chi connectivity index (χ1v) is 7.86. The number of piperidine rings is 1. The lowest BCUT2D eigenvalue weighted by atomic mass is 9.85. The van der Waals surface area contributed by atoms with Crippen molar-refractivity contribution in [2.45, 2.75) is 25.0 Å². The van der Waals surface area contributed by atoms with E-state index in [1.165, 1.54) is 11.1 Å². The van der Waals surface area contributed by atoms with Gasteiger partial charge in [0.25, 0.3) is 0 Å². The molecule has 0 amide bonds. The molecule has 1 heterocycles. The summed E-state index contributed by atoms with van der Waals surface area (Å²) in [7, 11) is 0. The van der Waals surface area contributed by atoms with Crippen LogP contribution in [-0.2, 0) is 6.54 Å². The third-order valence-electron chi connectivity index (χ3n) is 5.12. The van der Waals surface area contributed by atoms with Crippen molar-refractivity contribution >= 4 is 0 Å². The van der Waals surface area contributed by atoms with Crippen LogP contribution in [-0.4, -0.2) is 23.1 Å². The second-order valence-corrected chi connectivity index (χ2v) is 6.35. The Bertz CT molecular complexity index is 624. The van der Waals surface area contributed by atoms with Gasteiger partial charge in [-0.25, -0.2) is 0 Å². The van der Waals surface area contributed by atoms with Crippen LogP contribution in [0.4, 0.5) is 0 Å². The number of rotatable bonds is 2. The van der Waals surface area contributed by atoms with Gasteiger partial charge in [-0.05, 0) is 35.6 Å². The minimum absolute atomic E-state index is 0.259. The average Bonchev–Trinajstić information content (AvgIpc) is 2.82. The molecular formula is C19H21NO. The van der Waals surface area contributed by atoms with Crippen LogP contribution in [0.25, 0.3) is 0 Å². The molecule has 0 saturated carbocycles. The Morgan fingerprint density at radius 3 is 2.48 bits per heavy atom. The van der Waals surface area contributed by atoms with Crippen molar-refractivity contribution in [3.8, 4) is 0 Å². The van der Waals surface area contributed by atoms with E-state index in [4.69, 9.17) is 0 Å². The zero-order valence-corrected chi connectivity index (χ0v) is 12.2. The summed E-state index contributed by atoms with van der Waals surface area (Å²) in [6.45, 7) is 3.16. The van der Waals surface area contributed by atoms with Gasteiger partial charge in [-0.15, -0.1) is 0 Å². The van der Waals surface area contributed by atoms with Crippen LogP contribution in [0.15, 0.2) is 54.6 Å². The number of hydrogen-bond donors (Lipinski definition) is 1. The van der Waals surface area contributed by atoms with Crippen LogP contribution in [0.2, 0.25) is 0 Å². The first kappa shape index (κ1) is 13.1. The lowest BCUT2D eigenvalue weighted by Crippen LogP contribution is -2.38. The van der Waals surface area contributed by atoms with Gasteiger partial charge in [0.1, 0.15) is 0 Å². The van der Waals surface area contributed by atoms with E-state index in [9.17, 15) is 5.11 Å². The molecule has 1 N–H and O–H groups in total. The summed E-state index contributed by atoms with van der Waals surface area (Å²) >= 11 is 0. The molecule has 1 fully saturated rings. The minimum Gasteiger partial charge on any atom is -0.388 e. The molecule has 21 heavy (non-hydrogen) atoms. The molecule has 2 aliphatic rings. The second kappa shape index (κ2) is 5.28. The fourth-order valence-electron chi connectivity index (χ4n) is 4.08. The van der Waals surface area contributed by atoms with Crippen LogP contribution in [0.5, 0.6) is 0 Å². The SMILES string of the molecule is O[C@@H]1c2ccccc2[C@H]2CN(Cc3ccccc3)CC[C@@H]12. The molecule has 0 spiro atoms. The number of aliphatic hydroxyl groups excluding tert-OH is 1. The number of hydrogen-bond acceptors (Lipinski definition) is 2. The average molecular weight is 279 g/mol. The summed E-state index contributed by atoms with van der Waals surface area (Å²) in [5, 5.41) is 10.5. The predicted octanol–water partition coefficient (Wildman–Crippen LogP) is 3.34. The molecule has 0 unspecified atom stereocenters. The Morgan fingerprint density at radius 1 is 0.952 bits per heavy atom. The number of nitrogens with zero attached hydrogens (tertiary/aromatic N) is 1. The largest absolute Gasteiger partial charge is 0.388 e. The maximum absolute atomic E-state index is 10.5. The number of aliphatic hydroxyl groups is 1. The van der Waals surface area contributed by atoms with Gasteiger partial charge < -0.3 is 5.11 Å². The third kappa shape index (κ3) is 2.29. The molecule has 1 aliphatic heterocycles. The standard InChI is InChI=1S/C19H21NO/c21-19-16-9-5-4-8-15(16)18-13-20(11-10-17(18)19)12-14-6-2-1-3-7-14/h1-9,17-19,21H,10-13H2/t17-,18-,19-/m1/s1. The summed E-state index contributed by atoms with van der Waals surface area (Å²) in [6, 6.07) is 19.1. The quantitative estimate of drug-likeness (QED) is 0.911. The molecule has 0 aromatic heterocycles. The van der Waals surface area contributed by atoms with Gasteiger partial charge >= 0.3 is 0 Å². The summed E-state index contributed by atoms with van der Waals surface area (Å²) in [4.78, 5) is 2.53. The third-order valence-corrected chi connectivity index (χ3v) is 5.12. The molecule has 3 atom stereocenters. The van der Waals surface area contributed by atoms with Crippen LogP contribution < -0.4 is 0 Å². The van der Waals surface area contributed by atoms with Gasteiger partial charge in [-0.3, -0.25) is 4.90 Å². The van der Waals surface area contributed by atoms with Crippen LogP contribution in [0.1, 0.15) is 35.1 Å². The van der Waals surface area contributed by atoms with E-state index in [1.807, 2.05) is 6.07 Å². The number of benzene rings is 2. The van der Waals surface area contributed by atoms with E-state index in [0.717, 1.165) is 31.6 Å². The van der Waals surface area contributed by atoms with Crippen molar-refractivity contribution in [1.82, 2.24) is 4.90 Å². The summed E-state index contributed by atoms with van der Waals surface area (Å²) in [6.07, 6.45) is 0.831. The van der Waals surface area contributed by atoms with Gasteiger partial charge in [0.2, 0.25) is 0 Å². The molecule has 1 saturated heterocycles. The van der Waals surface area contributed by atoms with Gasteiger partial charge in [0.05, 0.1) is 6.10 Å². The minimum atomic E-state index is -0.259. The molecule has 2 heteroatoms. The van der Waals surface area contributed by atoms with Crippen molar-refractivity contribution in [1.29, 1.82) is 0 Å². The maximum Gasteiger partial charge on any atom is 0.0827 e. The predicted molar refractivity (Wildman–Crippen MR) is 84.0 cm³/mol. The molecule has 2 nitrogen and oxygen atoms in total. The first-order valence-electron chi connectivity index (χ1n) is 7.86. The highest BCUT2D eigenvalue weighted by Crippen LogP contribution is 2.49. The van der Waals surface area contributed by atoms with Crippen molar-refractivity contribution in [2.24, 2.45) is 5.92 Å². The highest BCUT2D eigenvalue weighted by molar-refractivity contribution is 5.39. The van der Waals surface area contributed by atoms with E-state index in [-0.39, 0.29) is 6.10 Å². The first-order chi connectivity index (χ1) is 10.3. The van der Waals surface area contributed by atoms with Gasteiger partial charge in [0, 0.05) is 19.0 Å². The monoisotopic (exact) mass is 279 g/mol. The highest BCUT2D eigenvalue weighted by Gasteiger charge is 2.42. The van der Waals surface area contributed by atoms with E-state index in [2.05, 4.69) is 53.4 Å². The zero-order valence-electron chi connectivity index (χ0n) is 12.2. The van der Waals surface area contributed by atoms with Crippen molar-refractivity contribution in [3.05, 3.63) is 71.3 Å². The van der Waals surface area contributed by atoms with E-state index < -0.39 is 0 Å². The Morgan fingerprint density at radius 2 is 1.67 bits per heavy atom. The molecule has 4 rings (SSSR count). The Kier molecular flexibility index (Phi) is 3.28. The molecule has 0 bridgehead atoms. The normalized spacial score (nSPS) is 28.1. The van der Waals surface area contributed by atoms with Gasteiger partial charge in [-0.1, -0.05) is 54.6 Å². The molecular weight excluding hydrogens is 258 g/mol. The Hall–Kier alpha value is -1.64. The second-order valence-electron chi connectivity index (χ2n) is 6.35. The van der Waals surface area contributed by atoms with Crippen molar-refractivity contribution < 1.29 is 5.11 Å². The maximum atomic E-state index is 10.5. The zero-order chi connectivity index (χ0) is 14.2. The highest BCUT2D eigenvalue weighted by atomic mass is 16.3. The van der Waals surface area contributed by atoms with Gasteiger partial charge in [-0.2, -0.15) is 0 Å². The topological polar surface area (TPSA) is 23.5 Å². The fourth-order valence-corrected chi connectivity index (χ4v) is 4.08. The molecule has 0 radical (unpaired) electrons. The van der Waals surface area contributed by atoms with E-state index in [0.29, 0.717) is 11.8 Å². The summed E-state index contributed by atoms with van der Waals surface area (Å²) in [5.41, 5.74) is 3.91. The van der Waals surface area contributed by atoms with E-state index in [1.54, 1.807) is 0 Å². The Balaban J connectivity index is 1.55. The lowest BCUT2D eigenvalue weighted by molar-refractivity contribution is 0.0589.